The van der Waals surface area contributed by atoms with Gasteiger partial charge in [-0.1, -0.05) is 13.8 Å². The van der Waals surface area contributed by atoms with Gasteiger partial charge in [-0.2, -0.15) is 5.10 Å². The van der Waals surface area contributed by atoms with Crippen LogP contribution >= 0.6 is 0 Å². The van der Waals surface area contributed by atoms with Crippen LogP contribution in [0.25, 0.3) is 0 Å². The first-order chi connectivity index (χ1) is 8.93. The van der Waals surface area contributed by atoms with Crippen LogP contribution in [0.2, 0.25) is 0 Å². The Labute approximate surface area is 112 Å². The Morgan fingerprint density at radius 3 is 2.53 bits per heavy atom. The fourth-order valence-corrected chi connectivity index (χ4v) is 1.76. The molecule has 0 radical (unpaired) electrons. The highest BCUT2D eigenvalue weighted by Crippen LogP contribution is 2.06. The van der Waals surface area contributed by atoms with Gasteiger partial charge in [0.25, 0.3) is 5.91 Å². The second kappa shape index (κ2) is 6.86. The van der Waals surface area contributed by atoms with E-state index in [1.165, 1.54) is 7.05 Å². The molecule has 0 bridgehead atoms. The lowest BCUT2D eigenvalue weighted by Crippen LogP contribution is -2.49. The number of nitrogens with zero attached hydrogens (tertiary/aromatic N) is 1. The zero-order chi connectivity index (χ0) is 14.4. The standard InChI is InChI=1S/C12H20N4O3/c1-7(2)6-9(11(18)13-3)14-12(19)8-4-5-10(17)16-15-8/h7,9H,4-6H2,1-3H3,(H,13,18)(H,14,19)(H,16,17). The van der Waals surface area contributed by atoms with Crippen molar-refractivity contribution in [2.75, 3.05) is 7.05 Å². The van der Waals surface area contributed by atoms with Crippen molar-refractivity contribution in [2.24, 2.45) is 11.0 Å². The maximum absolute atomic E-state index is 11.9. The molecular formula is C12H20N4O3. The number of carbonyl (C=O) groups is 3. The number of likely N-dealkylation sites (N-methyl/N-ethyl adjacent to an activating group) is 1. The average Bonchev–Trinajstić information content (AvgIpc) is 2.37. The Bertz CT molecular complexity index is 404. The van der Waals surface area contributed by atoms with Gasteiger partial charge < -0.3 is 10.6 Å². The van der Waals surface area contributed by atoms with Crippen LogP contribution < -0.4 is 16.1 Å². The van der Waals surface area contributed by atoms with E-state index in [1.807, 2.05) is 13.8 Å². The van der Waals surface area contributed by atoms with Crippen molar-refractivity contribution in [2.45, 2.75) is 39.2 Å². The minimum Gasteiger partial charge on any atom is -0.357 e. The minimum absolute atomic E-state index is 0.207. The van der Waals surface area contributed by atoms with Crippen molar-refractivity contribution in [1.29, 1.82) is 0 Å². The van der Waals surface area contributed by atoms with Gasteiger partial charge in [0.1, 0.15) is 11.8 Å². The molecule has 3 amide bonds. The summed E-state index contributed by atoms with van der Waals surface area (Å²) in [7, 11) is 1.53. The van der Waals surface area contributed by atoms with Crippen molar-refractivity contribution < 1.29 is 14.4 Å². The Balaban J connectivity index is 2.65. The molecule has 1 aliphatic rings. The van der Waals surface area contributed by atoms with Crippen molar-refractivity contribution in [3.63, 3.8) is 0 Å². The van der Waals surface area contributed by atoms with Gasteiger partial charge in [-0.3, -0.25) is 14.4 Å². The van der Waals surface area contributed by atoms with Crippen molar-refractivity contribution in [1.82, 2.24) is 16.1 Å². The van der Waals surface area contributed by atoms with Gasteiger partial charge in [-0.15, -0.1) is 0 Å². The van der Waals surface area contributed by atoms with E-state index in [4.69, 9.17) is 0 Å². The van der Waals surface area contributed by atoms with Crippen LogP contribution in [0.3, 0.4) is 0 Å². The molecule has 7 heteroatoms. The summed E-state index contributed by atoms with van der Waals surface area (Å²) in [5, 5.41) is 8.87. The first-order valence-electron chi connectivity index (χ1n) is 6.32. The average molecular weight is 268 g/mol. The highest BCUT2D eigenvalue weighted by Gasteiger charge is 2.25. The molecule has 1 heterocycles. The molecule has 0 aliphatic carbocycles. The van der Waals surface area contributed by atoms with Crippen LogP contribution in [0.4, 0.5) is 0 Å². The highest BCUT2D eigenvalue weighted by atomic mass is 16.2. The van der Waals surface area contributed by atoms with Gasteiger partial charge in [0.2, 0.25) is 11.8 Å². The first kappa shape index (κ1) is 15.1. The Kier molecular flexibility index (Phi) is 5.47. The monoisotopic (exact) mass is 268 g/mol. The Morgan fingerprint density at radius 1 is 1.37 bits per heavy atom. The number of hydrazone groups is 1. The number of hydrogen-bond donors (Lipinski definition) is 3. The third-order valence-electron chi connectivity index (χ3n) is 2.74. The number of amides is 3. The van der Waals surface area contributed by atoms with Gasteiger partial charge in [0, 0.05) is 19.9 Å². The summed E-state index contributed by atoms with van der Waals surface area (Å²) in [5.74, 6) is -0.575. The van der Waals surface area contributed by atoms with Crippen LogP contribution in [-0.2, 0) is 14.4 Å². The van der Waals surface area contributed by atoms with E-state index in [0.717, 1.165) is 0 Å². The fraction of sp³-hybridized carbons (Fsp3) is 0.667. The lowest BCUT2D eigenvalue weighted by atomic mass is 10.0. The topological polar surface area (TPSA) is 99.7 Å². The second-order valence-corrected chi connectivity index (χ2v) is 4.86. The molecule has 0 saturated carbocycles. The molecule has 1 atom stereocenters. The normalized spacial score (nSPS) is 16.4. The van der Waals surface area contributed by atoms with E-state index >= 15 is 0 Å². The second-order valence-electron chi connectivity index (χ2n) is 4.86. The minimum atomic E-state index is -0.585. The lowest BCUT2D eigenvalue weighted by molar-refractivity contribution is -0.126. The smallest absolute Gasteiger partial charge is 0.268 e. The van der Waals surface area contributed by atoms with Crippen LogP contribution in [0, 0.1) is 5.92 Å². The number of hydrogen-bond acceptors (Lipinski definition) is 4. The van der Waals surface area contributed by atoms with E-state index in [1.54, 1.807) is 0 Å². The van der Waals surface area contributed by atoms with Crippen molar-refractivity contribution >= 4 is 23.4 Å². The zero-order valence-corrected chi connectivity index (χ0v) is 11.4. The predicted molar refractivity (Wildman–Crippen MR) is 70.3 cm³/mol. The van der Waals surface area contributed by atoms with E-state index < -0.39 is 11.9 Å². The summed E-state index contributed by atoms with van der Waals surface area (Å²) in [6, 6.07) is -0.585. The van der Waals surface area contributed by atoms with Gasteiger partial charge in [-0.25, -0.2) is 5.43 Å². The van der Waals surface area contributed by atoms with E-state index in [-0.39, 0.29) is 29.9 Å². The lowest BCUT2D eigenvalue weighted by Gasteiger charge is -2.20. The molecular weight excluding hydrogens is 248 g/mol. The molecule has 19 heavy (non-hydrogen) atoms. The van der Waals surface area contributed by atoms with Crippen molar-refractivity contribution in [3.05, 3.63) is 0 Å². The third kappa shape index (κ3) is 4.69. The first-order valence-corrected chi connectivity index (χ1v) is 6.32. The molecule has 3 N–H and O–H groups in total. The summed E-state index contributed by atoms with van der Waals surface area (Å²) < 4.78 is 0. The summed E-state index contributed by atoms with van der Waals surface area (Å²) in [5.41, 5.74) is 2.51. The van der Waals surface area contributed by atoms with Gasteiger partial charge in [0.05, 0.1) is 0 Å². The van der Waals surface area contributed by atoms with Crippen LogP contribution in [0.5, 0.6) is 0 Å². The number of rotatable bonds is 5. The summed E-state index contributed by atoms with van der Waals surface area (Å²) >= 11 is 0. The molecule has 0 spiro atoms. The molecule has 1 aliphatic heterocycles. The summed E-state index contributed by atoms with van der Waals surface area (Å²) in [6.07, 6.45) is 1.08. The maximum Gasteiger partial charge on any atom is 0.268 e. The van der Waals surface area contributed by atoms with Crippen LogP contribution in [0.15, 0.2) is 5.10 Å². The van der Waals surface area contributed by atoms with E-state index in [9.17, 15) is 14.4 Å². The number of carbonyl (C=O) groups excluding carboxylic acids is 3. The molecule has 0 aromatic heterocycles. The molecule has 1 rings (SSSR count). The van der Waals surface area contributed by atoms with Gasteiger partial charge in [-0.05, 0) is 12.3 Å². The molecule has 106 valence electrons. The summed E-state index contributed by atoms with van der Waals surface area (Å²) in [6.45, 7) is 3.95. The van der Waals surface area contributed by atoms with Crippen LogP contribution in [0.1, 0.15) is 33.1 Å². The van der Waals surface area contributed by atoms with E-state index in [0.29, 0.717) is 12.8 Å². The predicted octanol–water partition coefficient (Wildman–Crippen LogP) is -0.471. The van der Waals surface area contributed by atoms with Gasteiger partial charge >= 0.3 is 0 Å². The SMILES string of the molecule is CNC(=O)C(CC(C)C)NC(=O)C1=NNC(=O)CC1. The maximum atomic E-state index is 11.9. The van der Waals surface area contributed by atoms with E-state index in [2.05, 4.69) is 21.2 Å². The van der Waals surface area contributed by atoms with Crippen LogP contribution in [-0.4, -0.2) is 36.5 Å². The molecule has 0 aromatic carbocycles. The fourth-order valence-electron chi connectivity index (χ4n) is 1.76. The largest absolute Gasteiger partial charge is 0.357 e. The quantitative estimate of drug-likeness (QED) is 0.628. The molecule has 7 nitrogen and oxygen atoms in total. The van der Waals surface area contributed by atoms with Crippen molar-refractivity contribution in [3.8, 4) is 0 Å². The molecule has 0 fully saturated rings. The Morgan fingerprint density at radius 2 is 2.05 bits per heavy atom. The zero-order valence-electron chi connectivity index (χ0n) is 11.4. The molecule has 0 aromatic rings. The van der Waals surface area contributed by atoms with Gasteiger partial charge in [0.15, 0.2) is 0 Å². The molecule has 0 saturated heterocycles. The Hall–Kier alpha value is -1.92. The number of nitrogens with one attached hydrogen (secondary N) is 3. The molecule has 1 unspecified atom stereocenters. The summed E-state index contributed by atoms with van der Waals surface area (Å²) in [4.78, 5) is 34.6. The third-order valence-corrected chi connectivity index (χ3v) is 2.74. The highest BCUT2D eigenvalue weighted by molar-refractivity contribution is 6.39.